The first-order chi connectivity index (χ1) is 7.84. The van der Waals surface area contributed by atoms with Crippen molar-refractivity contribution >= 4 is 23.6 Å². The average Bonchev–Trinajstić information content (AvgIpc) is 2.19. The van der Waals surface area contributed by atoms with Crippen LogP contribution >= 0.6 is 11.8 Å². The van der Waals surface area contributed by atoms with Crippen LogP contribution < -0.4 is 5.32 Å². The van der Waals surface area contributed by atoms with Crippen LogP contribution in [0.3, 0.4) is 0 Å². The molecule has 0 aromatic heterocycles. The molecule has 0 aromatic carbocycles. The molecule has 4 nitrogen and oxygen atoms in total. The van der Waals surface area contributed by atoms with E-state index in [4.69, 9.17) is 5.11 Å². The first-order valence-electron chi connectivity index (χ1n) is 5.94. The molecule has 2 N–H and O–H groups in total. The molecule has 0 spiro atoms. The van der Waals surface area contributed by atoms with Gasteiger partial charge in [0.2, 0.25) is 5.91 Å². The van der Waals surface area contributed by atoms with E-state index >= 15 is 0 Å². The maximum Gasteiger partial charge on any atom is 0.326 e. The predicted molar refractivity (Wildman–Crippen MR) is 71.2 cm³/mol. The SMILES string of the molecule is CC(C)CCSCC(=O)NC(C(=O)O)C(C)C. The third-order valence-electron chi connectivity index (χ3n) is 2.32. The highest BCUT2D eigenvalue weighted by atomic mass is 32.2. The van der Waals surface area contributed by atoms with Gasteiger partial charge in [0.05, 0.1) is 5.75 Å². The van der Waals surface area contributed by atoms with Crippen LogP contribution in [0.4, 0.5) is 0 Å². The number of thioether (sulfide) groups is 1. The molecule has 0 aliphatic carbocycles. The highest BCUT2D eigenvalue weighted by Gasteiger charge is 2.22. The van der Waals surface area contributed by atoms with Crippen LogP contribution in [0.5, 0.6) is 0 Å². The molecule has 5 heteroatoms. The summed E-state index contributed by atoms with van der Waals surface area (Å²) in [5.74, 6) is 0.638. The van der Waals surface area contributed by atoms with Gasteiger partial charge in [0, 0.05) is 0 Å². The number of carbonyl (C=O) groups is 2. The molecule has 0 saturated heterocycles. The van der Waals surface area contributed by atoms with Crippen molar-refractivity contribution in [2.75, 3.05) is 11.5 Å². The number of amides is 1. The third kappa shape index (κ3) is 8.07. The maximum absolute atomic E-state index is 11.5. The van der Waals surface area contributed by atoms with Crippen LogP contribution in [0.1, 0.15) is 34.1 Å². The minimum Gasteiger partial charge on any atom is -0.480 e. The van der Waals surface area contributed by atoms with E-state index in [2.05, 4.69) is 19.2 Å². The third-order valence-corrected chi connectivity index (χ3v) is 3.31. The summed E-state index contributed by atoms with van der Waals surface area (Å²) in [6, 6.07) is -0.784. The van der Waals surface area contributed by atoms with Crippen LogP contribution in [0.15, 0.2) is 0 Å². The van der Waals surface area contributed by atoms with Crippen molar-refractivity contribution in [3.8, 4) is 0 Å². The second-order valence-corrected chi connectivity index (χ2v) is 5.97. The van der Waals surface area contributed by atoms with E-state index < -0.39 is 12.0 Å². The second kappa shape index (κ2) is 8.39. The van der Waals surface area contributed by atoms with Gasteiger partial charge in [-0.3, -0.25) is 4.79 Å². The summed E-state index contributed by atoms with van der Waals surface area (Å²) < 4.78 is 0. The maximum atomic E-state index is 11.5. The normalized spacial score (nSPS) is 12.8. The Kier molecular flexibility index (Phi) is 8.04. The minimum atomic E-state index is -0.972. The minimum absolute atomic E-state index is 0.0999. The zero-order valence-electron chi connectivity index (χ0n) is 11.0. The van der Waals surface area contributed by atoms with Gasteiger partial charge in [-0.2, -0.15) is 11.8 Å². The molecular formula is C12H23NO3S. The number of aliphatic carboxylic acids is 1. The van der Waals surface area contributed by atoms with Crippen molar-refractivity contribution < 1.29 is 14.7 Å². The zero-order chi connectivity index (χ0) is 13.4. The number of nitrogens with one attached hydrogen (secondary N) is 1. The number of hydrogen-bond donors (Lipinski definition) is 2. The van der Waals surface area contributed by atoms with Gasteiger partial charge in [0.1, 0.15) is 6.04 Å². The quantitative estimate of drug-likeness (QED) is 0.656. The van der Waals surface area contributed by atoms with E-state index in [1.54, 1.807) is 25.6 Å². The molecule has 0 heterocycles. The lowest BCUT2D eigenvalue weighted by molar-refractivity contribution is -0.142. The van der Waals surface area contributed by atoms with Crippen molar-refractivity contribution in [2.24, 2.45) is 11.8 Å². The highest BCUT2D eigenvalue weighted by molar-refractivity contribution is 7.99. The van der Waals surface area contributed by atoms with Crippen molar-refractivity contribution in [1.82, 2.24) is 5.32 Å². The largest absolute Gasteiger partial charge is 0.480 e. The van der Waals surface area contributed by atoms with Crippen LogP contribution in [0.2, 0.25) is 0 Å². The molecule has 0 aromatic rings. The van der Waals surface area contributed by atoms with Gasteiger partial charge in [0.15, 0.2) is 0 Å². The Morgan fingerprint density at radius 1 is 1.24 bits per heavy atom. The summed E-state index contributed by atoms with van der Waals surface area (Å²) >= 11 is 1.55. The molecule has 0 bridgehead atoms. The van der Waals surface area contributed by atoms with Crippen LogP contribution in [-0.4, -0.2) is 34.5 Å². The topological polar surface area (TPSA) is 66.4 Å². The van der Waals surface area contributed by atoms with E-state index in [1.807, 2.05) is 0 Å². The lowest BCUT2D eigenvalue weighted by Gasteiger charge is -2.17. The molecule has 0 aliphatic rings. The lowest BCUT2D eigenvalue weighted by atomic mass is 10.1. The van der Waals surface area contributed by atoms with Gasteiger partial charge in [-0.05, 0) is 24.0 Å². The van der Waals surface area contributed by atoms with Crippen molar-refractivity contribution in [3.63, 3.8) is 0 Å². The van der Waals surface area contributed by atoms with Crippen molar-refractivity contribution in [2.45, 2.75) is 40.2 Å². The Morgan fingerprint density at radius 3 is 2.24 bits per heavy atom. The Morgan fingerprint density at radius 2 is 1.82 bits per heavy atom. The summed E-state index contributed by atoms with van der Waals surface area (Å²) in [6.07, 6.45) is 1.07. The summed E-state index contributed by atoms with van der Waals surface area (Å²) in [6.45, 7) is 7.84. The van der Waals surface area contributed by atoms with Gasteiger partial charge < -0.3 is 10.4 Å². The van der Waals surface area contributed by atoms with E-state index in [0.717, 1.165) is 12.2 Å². The van der Waals surface area contributed by atoms with E-state index in [1.165, 1.54) is 0 Å². The molecule has 17 heavy (non-hydrogen) atoms. The summed E-state index contributed by atoms with van der Waals surface area (Å²) in [5.41, 5.74) is 0. The second-order valence-electron chi connectivity index (χ2n) is 4.86. The summed E-state index contributed by atoms with van der Waals surface area (Å²) in [7, 11) is 0. The molecule has 1 unspecified atom stereocenters. The van der Waals surface area contributed by atoms with E-state index in [0.29, 0.717) is 11.7 Å². The number of rotatable bonds is 8. The molecule has 0 radical (unpaired) electrons. The molecule has 0 rings (SSSR count). The molecule has 0 saturated carbocycles. The number of carboxylic acid groups (broad SMARTS) is 1. The first-order valence-corrected chi connectivity index (χ1v) is 7.10. The Balaban J connectivity index is 3.87. The average molecular weight is 261 g/mol. The number of hydrogen-bond acceptors (Lipinski definition) is 3. The Bertz CT molecular complexity index is 254. The molecular weight excluding hydrogens is 238 g/mol. The Labute approximate surface area is 108 Å². The van der Waals surface area contributed by atoms with Crippen molar-refractivity contribution in [3.05, 3.63) is 0 Å². The predicted octanol–water partition coefficient (Wildman–Crippen LogP) is 1.99. The van der Waals surface area contributed by atoms with Crippen molar-refractivity contribution in [1.29, 1.82) is 0 Å². The lowest BCUT2D eigenvalue weighted by Crippen LogP contribution is -2.45. The van der Waals surface area contributed by atoms with Gasteiger partial charge >= 0.3 is 5.97 Å². The fourth-order valence-electron chi connectivity index (χ4n) is 1.21. The highest BCUT2D eigenvalue weighted by Crippen LogP contribution is 2.09. The standard InChI is InChI=1S/C12H23NO3S/c1-8(2)5-6-17-7-10(14)13-11(9(3)4)12(15)16/h8-9,11H,5-7H2,1-4H3,(H,13,14)(H,15,16). The Hall–Kier alpha value is -0.710. The monoisotopic (exact) mass is 261 g/mol. The molecule has 0 fully saturated rings. The number of carbonyl (C=O) groups excluding carboxylic acids is 1. The van der Waals surface area contributed by atoms with E-state index in [9.17, 15) is 9.59 Å². The van der Waals surface area contributed by atoms with Gasteiger partial charge in [0.25, 0.3) is 0 Å². The van der Waals surface area contributed by atoms with Gasteiger partial charge in [-0.25, -0.2) is 4.79 Å². The smallest absolute Gasteiger partial charge is 0.326 e. The van der Waals surface area contributed by atoms with Crippen LogP contribution in [0.25, 0.3) is 0 Å². The molecule has 100 valence electrons. The number of carboxylic acids is 1. The fraction of sp³-hybridized carbons (Fsp3) is 0.833. The van der Waals surface area contributed by atoms with Gasteiger partial charge in [-0.15, -0.1) is 0 Å². The van der Waals surface area contributed by atoms with E-state index in [-0.39, 0.29) is 11.8 Å². The zero-order valence-corrected chi connectivity index (χ0v) is 11.8. The van der Waals surface area contributed by atoms with Crippen LogP contribution in [-0.2, 0) is 9.59 Å². The summed E-state index contributed by atoms with van der Waals surface area (Å²) in [5, 5.41) is 11.5. The molecule has 1 atom stereocenters. The van der Waals surface area contributed by atoms with Crippen LogP contribution in [0, 0.1) is 11.8 Å². The van der Waals surface area contributed by atoms with Gasteiger partial charge in [-0.1, -0.05) is 27.7 Å². The first kappa shape index (κ1) is 16.3. The summed E-state index contributed by atoms with van der Waals surface area (Å²) in [4.78, 5) is 22.4. The fourth-order valence-corrected chi connectivity index (χ4v) is 2.26. The molecule has 0 aliphatic heterocycles. The molecule has 1 amide bonds.